The number of halogens is 2. The van der Waals surface area contributed by atoms with E-state index in [1.54, 1.807) is 11.0 Å². The minimum absolute atomic E-state index is 0.0296. The van der Waals surface area contributed by atoms with E-state index in [-0.39, 0.29) is 23.6 Å². The van der Waals surface area contributed by atoms with Crippen molar-refractivity contribution in [1.82, 2.24) is 4.90 Å². The molecule has 19 heavy (non-hydrogen) atoms. The Labute approximate surface area is 120 Å². The highest BCUT2D eigenvalue weighted by Crippen LogP contribution is 2.45. The normalized spacial score (nSPS) is 29.9. The fourth-order valence-electron chi connectivity index (χ4n) is 3.11. The summed E-state index contributed by atoms with van der Waals surface area (Å²) < 4.78 is 0. The van der Waals surface area contributed by atoms with Crippen LogP contribution in [0.1, 0.15) is 24.3 Å². The number of carbonyl (C=O) groups excluding carboxylic acids is 1. The van der Waals surface area contributed by atoms with Crippen molar-refractivity contribution >= 4 is 29.1 Å². The molecule has 4 nitrogen and oxygen atoms in total. The van der Waals surface area contributed by atoms with Gasteiger partial charge in [0, 0.05) is 30.5 Å². The summed E-state index contributed by atoms with van der Waals surface area (Å²) in [6, 6.07) is 3.10. The minimum atomic E-state index is -0.880. The van der Waals surface area contributed by atoms with Crippen molar-refractivity contribution in [1.29, 1.82) is 0 Å². The molecule has 6 heteroatoms. The first-order valence-corrected chi connectivity index (χ1v) is 6.90. The van der Waals surface area contributed by atoms with Crippen molar-refractivity contribution in [3.8, 4) is 5.75 Å². The standard InChI is InChI=1S/C13H13Cl2NO3/c14-8-1-2-9(17)11(12(8)15)6-3-7-4-10(18)13(19)16(7)5-6/h1-2,6-7,10,17-18H,3-5H2/t6-,7-,10?/m0/s1. The molecule has 2 fully saturated rings. The highest BCUT2D eigenvalue weighted by Gasteiger charge is 2.45. The molecule has 3 atom stereocenters. The molecule has 0 radical (unpaired) electrons. The molecule has 2 N–H and O–H groups in total. The van der Waals surface area contributed by atoms with Crippen LogP contribution in [0.15, 0.2) is 12.1 Å². The smallest absolute Gasteiger partial charge is 0.251 e. The van der Waals surface area contributed by atoms with E-state index in [1.807, 2.05) is 0 Å². The van der Waals surface area contributed by atoms with E-state index < -0.39 is 6.10 Å². The van der Waals surface area contributed by atoms with Gasteiger partial charge in [0.05, 0.1) is 10.0 Å². The van der Waals surface area contributed by atoms with Crippen LogP contribution < -0.4 is 0 Å². The van der Waals surface area contributed by atoms with Gasteiger partial charge < -0.3 is 15.1 Å². The van der Waals surface area contributed by atoms with E-state index in [4.69, 9.17) is 23.2 Å². The van der Waals surface area contributed by atoms with Gasteiger partial charge in [-0.15, -0.1) is 0 Å². The molecule has 102 valence electrons. The molecule has 2 heterocycles. The molecule has 2 aliphatic heterocycles. The summed E-state index contributed by atoms with van der Waals surface area (Å²) in [5.74, 6) is -0.161. The molecule has 0 bridgehead atoms. The Morgan fingerprint density at radius 2 is 2.00 bits per heavy atom. The van der Waals surface area contributed by atoms with Crippen LogP contribution in [0.5, 0.6) is 5.75 Å². The van der Waals surface area contributed by atoms with Crippen LogP contribution in [0, 0.1) is 0 Å². The van der Waals surface area contributed by atoms with Crippen LogP contribution in [0.25, 0.3) is 0 Å². The lowest BCUT2D eigenvalue weighted by Gasteiger charge is -2.17. The Bertz CT molecular complexity index is 549. The van der Waals surface area contributed by atoms with Crippen molar-refractivity contribution in [2.45, 2.75) is 30.9 Å². The maximum absolute atomic E-state index is 11.8. The summed E-state index contributed by atoms with van der Waals surface area (Å²) in [6.07, 6.45) is 0.263. The van der Waals surface area contributed by atoms with Gasteiger partial charge >= 0.3 is 0 Å². The molecular weight excluding hydrogens is 289 g/mol. The minimum Gasteiger partial charge on any atom is -0.508 e. The predicted molar refractivity (Wildman–Crippen MR) is 71.6 cm³/mol. The number of phenols is 1. The zero-order valence-electron chi connectivity index (χ0n) is 10.0. The fraction of sp³-hybridized carbons (Fsp3) is 0.462. The summed E-state index contributed by atoms with van der Waals surface area (Å²) in [5.41, 5.74) is 0.603. The summed E-state index contributed by atoms with van der Waals surface area (Å²) in [7, 11) is 0. The first-order valence-electron chi connectivity index (χ1n) is 6.14. The second-order valence-corrected chi connectivity index (χ2v) is 5.91. The number of fused-ring (bicyclic) bond motifs is 1. The third-order valence-electron chi connectivity index (χ3n) is 4.00. The van der Waals surface area contributed by atoms with Gasteiger partial charge in [-0.2, -0.15) is 0 Å². The van der Waals surface area contributed by atoms with Crippen LogP contribution in [0.4, 0.5) is 0 Å². The van der Waals surface area contributed by atoms with Crippen molar-refractivity contribution < 1.29 is 15.0 Å². The molecule has 1 unspecified atom stereocenters. The number of hydrogen-bond acceptors (Lipinski definition) is 3. The first kappa shape index (κ1) is 13.0. The summed E-state index contributed by atoms with van der Waals surface area (Å²) >= 11 is 12.1. The predicted octanol–water partition coefficient (Wildman–Crippen LogP) is 2.15. The van der Waals surface area contributed by atoms with Gasteiger partial charge in [-0.05, 0) is 18.6 Å². The second-order valence-electron chi connectivity index (χ2n) is 5.12. The van der Waals surface area contributed by atoms with Crippen molar-refractivity contribution in [3.05, 3.63) is 27.7 Å². The number of amides is 1. The Morgan fingerprint density at radius 1 is 1.26 bits per heavy atom. The van der Waals surface area contributed by atoms with Gasteiger partial charge in [-0.3, -0.25) is 4.79 Å². The number of aliphatic hydroxyl groups is 1. The Morgan fingerprint density at radius 3 is 2.68 bits per heavy atom. The number of rotatable bonds is 1. The van der Waals surface area contributed by atoms with E-state index in [2.05, 4.69) is 0 Å². The van der Waals surface area contributed by atoms with Crippen LogP contribution in [0.2, 0.25) is 10.0 Å². The third kappa shape index (κ3) is 1.98. The molecule has 1 aromatic carbocycles. The molecule has 0 saturated carbocycles. The van der Waals surface area contributed by atoms with Crippen LogP contribution in [-0.4, -0.2) is 39.7 Å². The molecule has 2 saturated heterocycles. The number of aliphatic hydroxyl groups excluding tert-OH is 1. The lowest BCUT2D eigenvalue weighted by Crippen LogP contribution is -2.30. The fourth-order valence-corrected chi connectivity index (χ4v) is 3.59. The van der Waals surface area contributed by atoms with Gasteiger partial charge in [0.15, 0.2) is 0 Å². The molecule has 0 spiro atoms. The summed E-state index contributed by atoms with van der Waals surface area (Å²) in [6.45, 7) is 0.466. The zero-order chi connectivity index (χ0) is 13.7. The Kier molecular flexibility index (Phi) is 3.12. The highest BCUT2D eigenvalue weighted by molar-refractivity contribution is 6.42. The van der Waals surface area contributed by atoms with Gasteiger partial charge in [0.1, 0.15) is 11.9 Å². The molecule has 0 aliphatic carbocycles. The molecular formula is C13H13Cl2NO3. The SMILES string of the molecule is O=C1C(O)C[C@@H]2C[C@H](c3c(O)ccc(Cl)c3Cl)CN12. The molecule has 2 aliphatic rings. The Hall–Kier alpha value is -0.970. The van der Waals surface area contributed by atoms with Gasteiger partial charge in [-0.25, -0.2) is 0 Å². The van der Waals surface area contributed by atoms with E-state index in [0.29, 0.717) is 35.0 Å². The first-order chi connectivity index (χ1) is 8.99. The highest BCUT2D eigenvalue weighted by atomic mass is 35.5. The summed E-state index contributed by atoms with van der Waals surface area (Å²) in [4.78, 5) is 13.4. The quantitative estimate of drug-likeness (QED) is 0.835. The number of carbonyl (C=O) groups is 1. The van der Waals surface area contributed by atoms with E-state index in [9.17, 15) is 15.0 Å². The van der Waals surface area contributed by atoms with Gasteiger partial charge in [-0.1, -0.05) is 23.2 Å². The van der Waals surface area contributed by atoms with Crippen molar-refractivity contribution in [2.24, 2.45) is 0 Å². The van der Waals surface area contributed by atoms with Crippen molar-refractivity contribution in [2.75, 3.05) is 6.54 Å². The Balaban J connectivity index is 1.91. The topological polar surface area (TPSA) is 60.8 Å². The third-order valence-corrected chi connectivity index (χ3v) is 4.81. The van der Waals surface area contributed by atoms with Crippen LogP contribution >= 0.6 is 23.2 Å². The number of aromatic hydroxyl groups is 1. The summed E-state index contributed by atoms with van der Waals surface area (Å²) in [5, 5.41) is 20.2. The zero-order valence-corrected chi connectivity index (χ0v) is 11.5. The maximum Gasteiger partial charge on any atom is 0.251 e. The lowest BCUT2D eigenvalue weighted by atomic mass is 9.94. The molecule has 1 amide bonds. The lowest BCUT2D eigenvalue weighted by molar-refractivity contribution is -0.134. The van der Waals surface area contributed by atoms with Crippen LogP contribution in [0.3, 0.4) is 0 Å². The van der Waals surface area contributed by atoms with Gasteiger partial charge in [0.2, 0.25) is 0 Å². The van der Waals surface area contributed by atoms with Crippen LogP contribution in [-0.2, 0) is 4.79 Å². The van der Waals surface area contributed by atoms with E-state index in [0.717, 1.165) is 0 Å². The number of nitrogens with zero attached hydrogens (tertiary/aromatic N) is 1. The molecule has 1 aromatic rings. The van der Waals surface area contributed by atoms with E-state index in [1.165, 1.54) is 6.07 Å². The molecule has 3 rings (SSSR count). The monoisotopic (exact) mass is 301 g/mol. The number of hydrogen-bond donors (Lipinski definition) is 2. The number of phenolic OH excluding ortho intramolecular Hbond substituents is 1. The second kappa shape index (κ2) is 4.54. The molecule has 0 aromatic heterocycles. The van der Waals surface area contributed by atoms with Gasteiger partial charge in [0.25, 0.3) is 5.91 Å². The van der Waals surface area contributed by atoms with Crippen molar-refractivity contribution in [3.63, 3.8) is 0 Å². The average molecular weight is 302 g/mol. The average Bonchev–Trinajstić information content (AvgIpc) is 2.86. The number of benzene rings is 1. The van der Waals surface area contributed by atoms with E-state index >= 15 is 0 Å². The largest absolute Gasteiger partial charge is 0.508 e. The maximum atomic E-state index is 11.8.